The van der Waals surface area contributed by atoms with E-state index in [9.17, 15) is 0 Å². The van der Waals surface area contributed by atoms with Crippen molar-refractivity contribution < 1.29 is 0 Å². The van der Waals surface area contributed by atoms with Crippen LogP contribution in [0.2, 0.25) is 0 Å². The number of likely N-dealkylation sites (tertiary alicyclic amines) is 1. The highest BCUT2D eigenvalue weighted by Crippen LogP contribution is 2.17. The zero-order valence-corrected chi connectivity index (χ0v) is 18.5. The molecule has 1 aliphatic rings. The quantitative estimate of drug-likeness (QED) is 0.385. The molecule has 0 aliphatic carbocycles. The summed E-state index contributed by atoms with van der Waals surface area (Å²) in [7, 11) is 0. The van der Waals surface area contributed by atoms with Gasteiger partial charge >= 0.3 is 0 Å². The summed E-state index contributed by atoms with van der Waals surface area (Å²) < 4.78 is 0. The molecule has 1 fully saturated rings. The second-order valence-electron chi connectivity index (χ2n) is 6.54. The summed E-state index contributed by atoms with van der Waals surface area (Å²) in [6, 6.07) is 0.646. The maximum absolute atomic E-state index is 4.66. The summed E-state index contributed by atoms with van der Waals surface area (Å²) in [5.41, 5.74) is 0. The number of aliphatic imine (C=N–C) groups is 1. The van der Waals surface area contributed by atoms with Crippen molar-refractivity contribution in [3.05, 3.63) is 16.1 Å². The molecule has 0 saturated carbocycles. The van der Waals surface area contributed by atoms with E-state index in [0.717, 1.165) is 24.1 Å². The first-order valence-electron chi connectivity index (χ1n) is 8.76. The van der Waals surface area contributed by atoms with E-state index >= 15 is 0 Å². The van der Waals surface area contributed by atoms with Gasteiger partial charge in [0.25, 0.3) is 0 Å². The molecule has 1 saturated heterocycles. The average molecular weight is 465 g/mol. The minimum Gasteiger partial charge on any atom is -0.357 e. The zero-order valence-electron chi connectivity index (χ0n) is 15.3. The molecular weight excluding hydrogens is 433 g/mol. The molecular formula is C17H32IN5S. The molecule has 7 heteroatoms. The summed E-state index contributed by atoms with van der Waals surface area (Å²) in [4.78, 5) is 12.9. The van der Waals surface area contributed by atoms with E-state index in [1.165, 1.54) is 30.8 Å². The third-order valence-electron chi connectivity index (χ3n) is 4.22. The number of guanidine groups is 1. The number of nitrogens with one attached hydrogen (secondary N) is 2. The van der Waals surface area contributed by atoms with Crippen LogP contribution < -0.4 is 10.6 Å². The Balaban J connectivity index is 0.00000288. The molecule has 1 unspecified atom stereocenters. The second kappa shape index (κ2) is 11.3. The SMILES string of the molecule is CCNC(=NCc1ncc(C)s1)NCC1CCCN(C(C)C)C1.I. The molecule has 24 heavy (non-hydrogen) atoms. The fraction of sp³-hybridized carbons (Fsp3) is 0.765. The van der Waals surface area contributed by atoms with Crippen LogP contribution >= 0.6 is 35.3 Å². The van der Waals surface area contributed by atoms with Crippen LogP contribution in [-0.2, 0) is 6.54 Å². The lowest BCUT2D eigenvalue weighted by atomic mass is 9.97. The fourth-order valence-electron chi connectivity index (χ4n) is 2.94. The molecule has 138 valence electrons. The van der Waals surface area contributed by atoms with Crippen molar-refractivity contribution in [3.8, 4) is 0 Å². The number of nitrogens with zero attached hydrogens (tertiary/aromatic N) is 3. The van der Waals surface area contributed by atoms with E-state index in [1.54, 1.807) is 11.3 Å². The van der Waals surface area contributed by atoms with Gasteiger partial charge in [-0.1, -0.05) is 0 Å². The highest BCUT2D eigenvalue weighted by molar-refractivity contribution is 14.0. The van der Waals surface area contributed by atoms with Crippen LogP contribution in [0.5, 0.6) is 0 Å². The van der Waals surface area contributed by atoms with Gasteiger partial charge in [0.05, 0.1) is 6.54 Å². The van der Waals surface area contributed by atoms with Gasteiger partial charge in [0.1, 0.15) is 5.01 Å². The number of hydrogen-bond donors (Lipinski definition) is 2. The van der Waals surface area contributed by atoms with Crippen LogP contribution in [0.4, 0.5) is 0 Å². The van der Waals surface area contributed by atoms with Crippen molar-refractivity contribution in [2.75, 3.05) is 26.2 Å². The van der Waals surface area contributed by atoms with Gasteiger partial charge in [-0.05, 0) is 53.0 Å². The lowest BCUT2D eigenvalue weighted by Crippen LogP contribution is -2.46. The minimum atomic E-state index is 0. The highest BCUT2D eigenvalue weighted by Gasteiger charge is 2.21. The topological polar surface area (TPSA) is 52.6 Å². The lowest BCUT2D eigenvalue weighted by Gasteiger charge is -2.35. The Labute approximate surface area is 167 Å². The zero-order chi connectivity index (χ0) is 16.7. The largest absolute Gasteiger partial charge is 0.357 e. The molecule has 2 heterocycles. The molecule has 0 amide bonds. The number of piperidine rings is 1. The van der Waals surface area contributed by atoms with E-state index in [-0.39, 0.29) is 24.0 Å². The van der Waals surface area contributed by atoms with Crippen molar-refractivity contribution in [3.63, 3.8) is 0 Å². The van der Waals surface area contributed by atoms with Gasteiger partial charge in [-0.25, -0.2) is 9.98 Å². The van der Waals surface area contributed by atoms with Gasteiger partial charge in [0.15, 0.2) is 5.96 Å². The second-order valence-corrected chi connectivity index (χ2v) is 7.86. The Kier molecular flexibility index (Phi) is 10.1. The molecule has 2 N–H and O–H groups in total. The predicted molar refractivity (Wildman–Crippen MR) is 115 cm³/mol. The van der Waals surface area contributed by atoms with Crippen molar-refractivity contribution in [2.24, 2.45) is 10.9 Å². The average Bonchev–Trinajstić information content (AvgIpc) is 2.96. The Hall–Kier alpha value is -0.410. The molecule has 0 radical (unpaired) electrons. The number of hydrogen-bond acceptors (Lipinski definition) is 4. The Bertz CT molecular complexity index is 503. The fourth-order valence-corrected chi connectivity index (χ4v) is 3.65. The van der Waals surface area contributed by atoms with Crippen LogP contribution in [0.15, 0.2) is 11.2 Å². The molecule has 0 spiro atoms. The highest BCUT2D eigenvalue weighted by atomic mass is 127. The monoisotopic (exact) mass is 465 g/mol. The molecule has 1 atom stereocenters. The van der Waals surface area contributed by atoms with Crippen LogP contribution in [0.1, 0.15) is 43.5 Å². The molecule has 1 aromatic rings. The van der Waals surface area contributed by atoms with Crippen molar-refractivity contribution in [2.45, 2.75) is 53.1 Å². The number of aryl methyl sites for hydroxylation is 1. The first kappa shape index (κ1) is 21.6. The third kappa shape index (κ3) is 7.23. The first-order valence-corrected chi connectivity index (χ1v) is 9.57. The first-order chi connectivity index (χ1) is 11.1. The number of thiazole rings is 1. The Morgan fingerprint density at radius 1 is 1.46 bits per heavy atom. The van der Waals surface area contributed by atoms with Crippen LogP contribution in [0, 0.1) is 12.8 Å². The summed E-state index contributed by atoms with van der Waals surface area (Å²) in [6.45, 7) is 13.7. The van der Waals surface area contributed by atoms with Gasteiger partial charge in [-0.3, -0.25) is 0 Å². The Morgan fingerprint density at radius 3 is 2.88 bits per heavy atom. The lowest BCUT2D eigenvalue weighted by molar-refractivity contribution is 0.141. The maximum atomic E-state index is 4.66. The van der Waals surface area contributed by atoms with Gasteiger partial charge in [0, 0.05) is 36.8 Å². The van der Waals surface area contributed by atoms with Gasteiger partial charge in [0.2, 0.25) is 0 Å². The molecule has 0 bridgehead atoms. The molecule has 0 aromatic carbocycles. The minimum absolute atomic E-state index is 0. The number of halogens is 1. The van der Waals surface area contributed by atoms with Crippen molar-refractivity contribution in [1.82, 2.24) is 20.5 Å². The number of rotatable bonds is 6. The summed E-state index contributed by atoms with van der Waals surface area (Å²) >= 11 is 1.72. The predicted octanol–water partition coefficient (Wildman–Crippen LogP) is 3.25. The van der Waals surface area contributed by atoms with E-state index in [2.05, 4.69) is 53.2 Å². The van der Waals surface area contributed by atoms with E-state index in [4.69, 9.17) is 0 Å². The number of aromatic nitrogens is 1. The molecule has 5 nitrogen and oxygen atoms in total. The summed E-state index contributed by atoms with van der Waals surface area (Å²) in [5, 5.41) is 7.92. The van der Waals surface area contributed by atoms with Gasteiger partial charge in [-0.2, -0.15) is 0 Å². The van der Waals surface area contributed by atoms with E-state index in [0.29, 0.717) is 18.5 Å². The van der Waals surface area contributed by atoms with Crippen molar-refractivity contribution in [1.29, 1.82) is 0 Å². The summed E-state index contributed by atoms with van der Waals surface area (Å²) in [5.74, 6) is 1.61. The summed E-state index contributed by atoms with van der Waals surface area (Å²) in [6.07, 6.45) is 4.52. The molecule has 1 aliphatic heterocycles. The van der Waals surface area contributed by atoms with Gasteiger partial charge in [-0.15, -0.1) is 35.3 Å². The van der Waals surface area contributed by atoms with Crippen molar-refractivity contribution >= 4 is 41.3 Å². The van der Waals surface area contributed by atoms with Crippen LogP contribution in [0.3, 0.4) is 0 Å². The third-order valence-corrected chi connectivity index (χ3v) is 5.12. The normalized spacial score (nSPS) is 19.2. The standard InChI is InChI=1S/C17H31N5S.HI/c1-5-18-17(21-11-16-19-9-14(4)23-16)20-10-15-7-6-8-22(12-15)13(2)3;/h9,13,15H,5-8,10-12H2,1-4H3,(H2,18,20,21);1H. The van der Waals surface area contributed by atoms with E-state index < -0.39 is 0 Å². The van der Waals surface area contributed by atoms with Crippen LogP contribution in [0.25, 0.3) is 0 Å². The molecule has 2 rings (SSSR count). The maximum Gasteiger partial charge on any atom is 0.191 e. The smallest absolute Gasteiger partial charge is 0.191 e. The Morgan fingerprint density at radius 2 is 2.25 bits per heavy atom. The molecule has 1 aromatic heterocycles. The van der Waals surface area contributed by atoms with E-state index in [1.807, 2.05) is 6.20 Å². The van der Waals surface area contributed by atoms with Crippen LogP contribution in [-0.4, -0.2) is 48.1 Å². The van der Waals surface area contributed by atoms with Gasteiger partial charge < -0.3 is 15.5 Å².